The van der Waals surface area contributed by atoms with Gasteiger partial charge in [0.15, 0.2) is 0 Å². The number of hydrogen-bond donors (Lipinski definition) is 0. The number of nitrogens with zero attached hydrogens (tertiary/aromatic N) is 2. The van der Waals surface area contributed by atoms with Gasteiger partial charge in [-0.05, 0) is 35.2 Å². The quantitative estimate of drug-likeness (QED) is 0.792. The van der Waals surface area contributed by atoms with E-state index in [0.29, 0.717) is 12.5 Å². The maximum atomic E-state index is 5.55. The van der Waals surface area contributed by atoms with Crippen molar-refractivity contribution in [1.82, 2.24) is 9.97 Å². The van der Waals surface area contributed by atoms with E-state index in [2.05, 4.69) is 25.9 Å². The van der Waals surface area contributed by atoms with Crippen molar-refractivity contribution in [3.05, 3.63) is 17.0 Å². The molecule has 1 aliphatic rings. The highest BCUT2D eigenvalue weighted by molar-refractivity contribution is 9.10. The van der Waals surface area contributed by atoms with Crippen LogP contribution in [0.4, 0.5) is 0 Å². The Kier molecular flexibility index (Phi) is 3.91. The lowest BCUT2D eigenvalue weighted by Gasteiger charge is -2.22. The van der Waals surface area contributed by atoms with E-state index in [1.54, 1.807) is 6.07 Å². The Balaban J connectivity index is 1.81. The molecule has 0 aliphatic carbocycles. The molecule has 0 bridgehead atoms. The summed E-state index contributed by atoms with van der Waals surface area (Å²) in [5, 5.41) is 0. The zero-order valence-electron chi connectivity index (χ0n) is 8.36. The lowest BCUT2D eigenvalue weighted by Crippen LogP contribution is -2.25. The summed E-state index contributed by atoms with van der Waals surface area (Å²) >= 11 is 3.27. The fraction of sp³-hybridized carbons (Fsp3) is 0.600. The van der Waals surface area contributed by atoms with Crippen molar-refractivity contribution >= 4 is 15.9 Å². The molecule has 5 heteroatoms. The first kappa shape index (κ1) is 10.8. The molecule has 82 valence electrons. The van der Waals surface area contributed by atoms with Gasteiger partial charge in [-0.15, -0.1) is 0 Å². The van der Waals surface area contributed by atoms with E-state index in [1.165, 1.54) is 12.7 Å². The zero-order chi connectivity index (χ0) is 10.5. The van der Waals surface area contributed by atoms with Crippen molar-refractivity contribution in [3.8, 4) is 5.88 Å². The second-order valence-electron chi connectivity index (χ2n) is 3.48. The summed E-state index contributed by atoms with van der Waals surface area (Å²) in [7, 11) is 0. The average molecular weight is 273 g/mol. The molecule has 1 aromatic rings. The van der Waals surface area contributed by atoms with Gasteiger partial charge < -0.3 is 9.47 Å². The molecule has 0 amide bonds. The van der Waals surface area contributed by atoms with Crippen molar-refractivity contribution in [1.29, 1.82) is 0 Å². The number of rotatable bonds is 3. The summed E-state index contributed by atoms with van der Waals surface area (Å²) in [5.41, 5.74) is 0. The molecule has 15 heavy (non-hydrogen) atoms. The Bertz CT molecular complexity index is 316. The van der Waals surface area contributed by atoms with Gasteiger partial charge in [0.1, 0.15) is 17.5 Å². The van der Waals surface area contributed by atoms with E-state index in [9.17, 15) is 0 Å². The van der Waals surface area contributed by atoms with Crippen LogP contribution in [0.1, 0.15) is 19.3 Å². The van der Waals surface area contributed by atoms with Crippen molar-refractivity contribution < 1.29 is 9.47 Å². The number of ether oxygens (including phenoxy) is 2. The molecule has 2 heterocycles. The van der Waals surface area contributed by atoms with Crippen LogP contribution in [-0.2, 0) is 4.74 Å². The molecule has 0 aromatic carbocycles. The lowest BCUT2D eigenvalue weighted by molar-refractivity contribution is -0.0119. The van der Waals surface area contributed by atoms with Crippen molar-refractivity contribution in [3.63, 3.8) is 0 Å². The second-order valence-corrected chi connectivity index (χ2v) is 4.29. The van der Waals surface area contributed by atoms with Crippen LogP contribution in [0.3, 0.4) is 0 Å². The fourth-order valence-electron chi connectivity index (χ4n) is 1.51. The molecule has 0 saturated carbocycles. The molecule has 1 unspecified atom stereocenters. The summed E-state index contributed by atoms with van der Waals surface area (Å²) in [6, 6.07) is 1.75. The minimum absolute atomic E-state index is 0.215. The van der Waals surface area contributed by atoms with Crippen LogP contribution in [0.15, 0.2) is 17.0 Å². The average Bonchev–Trinajstić information content (AvgIpc) is 2.28. The normalized spacial score (nSPS) is 21.3. The van der Waals surface area contributed by atoms with Gasteiger partial charge in [0.05, 0.1) is 6.10 Å². The van der Waals surface area contributed by atoms with Gasteiger partial charge in [0.2, 0.25) is 5.88 Å². The van der Waals surface area contributed by atoms with Gasteiger partial charge >= 0.3 is 0 Å². The summed E-state index contributed by atoms with van der Waals surface area (Å²) in [6.07, 6.45) is 5.15. The SMILES string of the molecule is Brc1cc(OCC2CCCCO2)ncn1. The molecule has 0 spiro atoms. The van der Waals surface area contributed by atoms with Crippen LogP contribution in [-0.4, -0.2) is 29.3 Å². The van der Waals surface area contributed by atoms with E-state index >= 15 is 0 Å². The summed E-state index contributed by atoms with van der Waals surface area (Å²) in [4.78, 5) is 7.93. The van der Waals surface area contributed by atoms with Crippen LogP contribution < -0.4 is 4.74 Å². The van der Waals surface area contributed by atoms with Gasteiger partial charge in [0.25, 0.3) is 0 Å². The number of hydrogen-bond acceptors (Lipinski definition) is 4. The van der Waals surface area contributed by atoms with E-state index in [4.69, 9.17) is 9.47 Å². The Labute approximate surface area is 97.1 Å². The number of halogens is 1. The molecule has 1 atom stereocenters. The maximum Gasteiger partial charge on any atom is 0.217 e. The fourth-order valence-corrected chi connectivity index (χ4v) is 1.80. The molecule has 1 fully saturated rings. The van der Waals surface area contributed by atoms with Crippen molar-refractivity contribution in [2.75, 3.05) is 13.2 Å². The second kappa shape index (κ2) is 5.42. The van der Waals surface area contributed by atoms with Crippen LogP contribution in [0.2, 0.25) is 0 Å². The molecule has 4 nitrogen and oxygen atoms in total. The molecule has 1 saturated heterocycles. The van der Waals surface area contributed by atoms with E-state index < -0.39 is 0 Å². The minimum Gasteiger partial charge on any atom is -0.475 e. The minimum atomic E-state index is 0.215. The topological polar surface area (TPSA) is 44.2 Å². The molecule has 1 aromatic heterocycles. The third-order valence-electron chi connectivity index (χ3n) is 2.30. The van der Waals surface area contributed by atoms with Gasteiger partial charge in [-0.2, -0.15) is 0 Å². The van der Waals surface area contributed by atoms with Gasteiger partial charge in [-0.3, -0.25) is 0 Å². The highest BCUT2D eigenvalue weighted by atomic mass is 79.9. The maximum absolute atomic E-state index is 5.55. The molecule has 0 N–H and O–H groups in total. The Morgan fingerprint density at radius 2 is 2.40 bits per heavy atom. The summed E-state index contributed by atoms with van der Waals surface area (Å²) in [6.45, 7) is 1.42. The van der Waals surface area contributed by atoms with E-state index in [0.717, 1.165) is 24.1 Å². The van der Waals surface area contributed by atoms with Crippen molar-refractivity contribution in [2.45, 2.75) is 25.4 Å². The molecular weight excluding hydrogens is 260 g/mol. The highest BCUT2D eigenvalue weighted by Crippen LogP contribution is 2.16. The highest BCUT2D eigenvalue weighted by Gasteiger charge is 2.14. The first-order valence-electron chi connectivity index (χ1n) is 5.06. The van der Waals surface area contributed by atoms with Gasteiger partial charge in [-0.1, -0.05) is 0 Å². The monoisotopic (exact) mass is 272 g/mol. The van der Waals surface area contributed by atoms with Gasteiger partial charge in [0, 0.05) is 12.7 Å². The number of aromatic nitrogens is 2. The van der Waals surface area contributed by atoms with Crippen molar-refractivity contribution in [2.24, 2.45) is 0 Å². The van der Waals surface area contributed by atoms with Crippen LogP contribution in [0.5, 0.6) is 5.88 Å². The Hall–Kier alpha value is -0.680. The lowest BCUT2D eigenvalue weighted by atomic mass is 10.1. The van der Waals surface area contributed by atoms with Gasteiger partial charge in [-0.25, -0.2) is 9.97 Å². The smallest absolute Gasteiger partial charge is 0.217 e. The first-order valence-corrected chi connectivity index (χ1v) is 5.86. The molecule has 0 radical (unpaired) electrons. The summed E-state index contributed by atoms with van der Waals surface area (Å²) < 4.78 is 11.8. The first-order chi connectivity index (χ1) is 7.34. The third kappa shape index (κ3) is 3.43. The Morgan fingerprint density at radius 3 is 3.13 bits per heavy atom. The third-order valence-corrected chi connectivity index (χ3v) is 2.73. The predicted molar refractivity (Wildman–Crippen MR) is 58.8 cm³/mol. The predicted octanol–water partition coefficient (Wildman–Crippen LogP) is 2.19. The van der Waals surface area contributed by atoms with E-state index in [1.807, 2.05) is 0 Å². The molecule has 2 rings (SSSR count). The van der Waals surface area contributed by atoms with E-state index in [-0.39, 0.29) is 6.10 Å². The molecule has 1 aliphatic heterocycles. The van der Waals surface area contributed by atoms with Crippen LogP contribution >= 0.6 is 15.9 Å². The van der Waals surface area contributed by atoms with Crippen LogP contribution in [0.25, 0.3) is 0 Å². The van der Waals surface area contributed by atoms with Crippen LogP contribution in [0, 0.1) is 0 Å². The largest absolute Gasteiger partial charge is 0.475 e. The standard InChI is InChI=1S/C10H13BrN2O2/c11-9-5-10(13-7-12-9)15-6-8-3-1-2-4-14-8/h5,7-8H,1-4,6H2. The summed E-state index contributed by atoms with van der Waals surface area (Å²) in [5.74, 6) is 0.589. The zero-order valence-corrected chi connectivity index (χ0v) is 9.94. The Morgan fingerprint density at radius 1 is 1.47 bits per heavy atom. The molecular formula is C10H13BrN2O2.